The summed E-state index contributed by atoms with van der Waals surface area (Å²) in [5.41, 5.74) is 0. The van der Waals surface area contributed by atoms with Gasteiger partial charge in [-0.25, -0.2) is 0 Å². The summed E-state index contributed by atoms with van der Waals surface area (Å²) in [5, 5.41) is 0. The van der Waals surface area contributed by atoms with Crippen LogP contribution in [0.15, 0.2) is 29.2 Å². The Kier molecular flexibility index (Phi) is 4.66. The molecule has 18 heavy (non-hydrogen) atoms. The van der Waals surface area contributed by atoms with Gasteiger partial charge in [-0.15, -0.1) is 11.8 Å². The van der Waals surface area contributed by atoms with E-state index >= 15 is 0 Å². The zero-order valence-electron chi connectivity index (χ0n) is 10.7. The summed E-state index contributed by atoms with van der Waals surface area (Å²) < 4.78 is 10.8. The first-order valence-corrected chi connectivity index (χ1v) is 7.12. The number of methoxy groups -OCH3 is 1. The lowest BCUT2D eigenvalue weighted by Crippen LogP contribution is -2.36. The molecule has 0 aromatic heterocycles. The maximum Gasteiger partial charge on any atom is 0.177 e. The number of carbonyl (C=O) groups is 1. The van der Waals surface area contributed by atoms with E-state index in [4.69, 9.17) is 9.47 Å². The molecule has 0 radical (unpaired) electrons. The number of carbonyl (C=O) groups excluding carboxylic acids is 1. The van der Waals surface area contributed by atoms with Crippen LogP contribution in [0.5, 0.6) is 5.75 Å². The van der Waals surface area contributed by atoms with E-state index in [0.29, 0.717) is 12.4 Å². The number of ether oxygens (including phenoxy) is 2. The fourth-order valence-corrected chi connectivity index (χ4v) is 2.91. The Morgan fingerprint density at radius 2 is 2.33 bits per heavy atom. The molecular weight excluding hydrogens is 248 g/mol. The van der Waals surface area contributed by atoms with E-state index in [2.05, 4.69) is 0 Å². The van der Waals surface area contributed by atoms with Gasteiger partial charge in [0.05, 0.1) is 0 Å². The van der Waals surface area contributed by atoms with Crippen molar-refractivity contribution in [3.8, 4) is 5.75 Å². The number of benzene rings is 1. The van der Waals surface area contributed by atoms with Gasteiger partial charge in [-0.3, -0.25) is 4.79 Å². The van der Waals surface area contributed by atoms with Crippen LogP contribution in [0.2, 0.25) is 0 Å². The van der Waals surface area contributed by atoms with E-state index in [1.165, 1.54) is 0 Å². The number of hydrogen-bond acceptors (Lipinski definition) is 4. The molecule has 1 aromatic carbocycles. The summed E-state index contributed by atoms with van der Waals surface area (Å²) >= 11 is 1.69. The van der Waals surface area contributed by atoms with Crippen molar-refractivity contribution in [2.24, 2.45) is 5.92 Å². The highest BCUT2D eigenvalue weighted by molar-refractivity contribution is 7.99. The second-order valence-electron chi connectivity index (χ2n) is 4.45. The molecule has 0 fully saturated rings. The van der Waals surface area contributed by atoms with Gasteiger partial charge in [0.15, 0.2) is 11.9 Å². The van der Waals surface area contributed by atoms with Crippen LogP contribution in [0.4, 0.5) is 0 Å². The Balaban J connectivity index is 1.98. The van der Waals surface area contributed by atoms with Gasteiger partial charge in [0.25, 0.3) is 0 Å². The lowest BCUT2D eigenvalue weighted by Gasteiger charge is -2.26. The summed E-state index contributed by atoms with van der Waals surface area (Å²) in [7, 11) is 1.65. The molecule has 2 unspecified atom stereocenters. The van der Waals surface area contributed by atoms with Crippen molar-refractivity contribution < 1.29 is 14.3 Å². The predicted octanol–water partition coefficient (Wildman–Crippen LogP) is 2.78. The molecule has 2 atom stereocenters. The zero-order chi connectivity index (χ0) is 13.0. The number of Topliss-reactive ketones (excluding diaryl/α,β-unsaturated/α-hetero) is 1. The fraction of sp³-hybridized carbons (Fsp3) is 0.500. The van der Waals surface area contributed by atoms with Crippen molar-refractivity contribution in [2.75, 3.05) is 19.5 Å². The molecule has 0 amide bonds. The average molecular weight is 266 g/mol. The number of thioether (sulfide) groups is 1. The molecule has 4 heteroatoms. The molecule has 2 rings (SSSR count). The maximum absolute atomic E-state index is 12.2. The van der Waals surface area contributed by atoms with Crippen molar-refractivity contribution in [3.63, 3.8) is 0 Å². The van der Waals surface area contributed by atoms with Crippen LogP contribution < -0.4 is 4.74 Å². The normalized spacial score (nSPS) is 19.8. The Morgan fingerprint density at radius 1 is 1.56 bits per heavy atom. The minimum absolute atomic E-state index is 0.0131. The molecule has 98 valence electrons. The van der Waals surface area contributed by atoms with Crippen LogP contribution in [0.1, 0.15) is 13.3 Å². The van der Waals surface area contributed by atoms with Crippen molar-refractivity contribution in [2.45, 2.75) is 24.3 Å². The highest BCUT2D eigenvalue weighted by atomic mass is 32.2. The van der Waals surface area contributed by atoms with Crippen molar-refractivity contribution in [1.82, 2.24) is 0 Å². The number of ketones is 1. The zero-order valence-corrected chi connectivity index (χ0v) is 11.5. The lowest BCUT2D eigenvalue weighted by molar-refractivity contribution is -0.129. The van der Waals surface area contributed by atoms with E-state index in [1.807, 2.05) is 31.2 Å². The molecule has 1 heterocycles. The first-order chi connectivity index (χ1) is 8.72. The van der Waals surface area contributed by atoms with E-state index in [9.17, 15) is 4.79 Å². The highest BCUT2D eigenvalue weighted by Gasteiger charge is 2.29. The molecule has 1 aliphatic heterocycles. The average Bonchev–Trinajstić information content (AvgIpc) is 2.43. The summed E-state index contributed by atoms with van der Waals surface area (Å²) in [6, 6.07) is 7.86. The van der Waals surface area contributed by atoms with Gasteiger partial charge >= 0.3 is 0 Å². The molecule has 0 spiro atoms. The third-order valence-corrected chi connectivity index (χ3v) is 4.18. The Morgan fingerprint density at radius 3 is 3.11 bits per heavy atom. The Bertz CT molecular complexity index is 419. The second-order valence-corrected chi connectivity index (χ2v) is 5.51. The summed E-state index contributed by atoms with van der Waals surface area (Å²) in [4.78, 5) is 13.3. The SMILES string of the molecule is COCCC(C)C(=O)C1CSc2ccccc2O1. The molecule has 1 aliphatic rings. The summed E-state index contributed by atoms with van der Waals surface area (Å²) in [6.07, 6.45) is 0.429. The van der Waals surface area contributed by atoms with Crippen molar-refractivity contribution in [1.29, 1.82) is 0 Å². The van der Waals surface area contributed by atoms with Gasteiger partial charge in [0.1, 0.15) is 5.75 Å². The van der Waals surface area contributed by atoms with E-state index in [1.54, 1.807) is 18.9 Å². The monoisotopic (exact) mass is 266 g/mol. The van der Waals surface area contributed by atoms with Gasteiger partial charge in [0, 0.05) is 30.3 Å². The van der Waals surface area contributed by atoms with Gasteiger partial charge in [-0.2, -0.15) is 0 Å². The standard InChI is InChI=1S/C14H18O3S/c1-10(7-8-16-2)14(15)12-9-18-13-6-4-3-5-11(13)17-12/h3-6,10,12H,7-9H2,1-2H3. The Labute approximate surface area is 112 Å². The summed E-state index contributed by atoms with van der Waals surface area (Å²) in [6.45, 7) is 2.55. The predicted molar refractivity (Wildman–Crippen MR) is 72.2 cm³/mol. The minimum Gasteiger partial charge on any atom is -0.481 e. The first kappa shape index (κ1) is 13.4. The quantitative estimate of drug-likeness (QED) is 0.821. The summed E-state index contributed by atoms with van der Waals surface area (Å²) in [5.74, 6) is 1.69. The molecular formula is C14H18O3S. The van der Waals surface area contributed by atoms with E-state index < -0.39 is 0 Å². The van der Waals surface area contributed by atoms with E-state index in [0.717, 1.165) is 17.1 Å². The smallest absolute Gasteiger partial charge is 0.177 e. The van der Waals surface area contributed by atoms with Gasteiger partial charge < -0.3 is 9.47 Å². The molecule has 0 aliphatic carbocycles. The van der Waals surface area contributed by atoms with E-state index in [-0.39, 0.29) is 17.8 Å². The molecule has 0 N–H and O–H groups in total. The van der Waals surface area contributed by atoms with Crippen molar-refractivity contribution >= 4 is 17.5 Å². The van der Waals surface area contributed by atoms with Crippen LogP contribution >= 0.6 is 11.8 Å². The largest absolute Gasteiger partial charge is 0.481 e. The number of para-hydroxylation sites is 1. The van der Waals surface area contributed by atoms with Crippen molar-refractivity contribution in [3.05, 3.63) is 24.3 Å². The lowest BCUT2D eigenvalue weighted by atomic mass is 9.99. The molecule has 0 bridgehead atoms. The Hall–Kier alpha value is -1.00. The molecule has 0 saturated carbocycles. The highest BCUT2D eigenvalue weighted by Crippen LogP contribution is 2.35. The third-order valence-electron chi connectivity index (χ3n) is 3.07. The molecule has 3 nitrogen and oxygen atoms in total. The fourth-order valence-electron chi connectivity index (χ4n) is 1.91. The topological polar surface area (TPSA) is 35.5 Å². The third kappa shape index (κ3) is 3.06. The number of rotatable bonds is 5. The molecule has 1 aromatic rings. The maximum atomic E-state index is 12.2. The van der Waals surface area contributed by atoms with Crippen LogP contribution in [-0.2, 0) is 9.53 Å². The van der Waals surface area contributed by atoms with Gasteiger partial charge in [-0.1, -0.05) is 19.1 Å². The first-order valence-electron chi connectivity index (χ1n) is 6.13. The van der Waals surface area contributed by atoms with Gasteiger partial charge in [0.2, 0.25) is 0 Å². The second kappa shape index (κ2) is 6.25. The minimum atomic E-state index is -0.322. The van der Waals surface area contributed by atoms with Crippen LogP contribution in [0.3, 0.4) is 0 Å². The van der Waals surface area contributed by atoms with Crippen LogP contribution in [-0.4, -0.2) is 31.4 Å². The number of fused-ring (bicyclic) bond motifs is 1. The number of hydrogen-bond donors (Lipinski definition) is 0. The molecule has 0 saturated heterocycles. The van der Waals surface area contributed by atoms with Crippen LogP contribution in [0.25, 0.3) is 0 Å². The van der Waals surface area contributed by atoms with Crippen LogP contribution in [0, 0.1) is 5.92 Å². The van der Waals surface area contributed by atoms with Gasteiger partial charge in [-0.05, 0) is 18.6 Å².